The van der Waals surface area contributed by atoms with E-state index in [0.29, 0.717) is 24.2 Å². The topological polar surface area (TPSA) is 101 Å². The highest BCUT2D eigenvalue weighted by Crippen LogP contribution is 2.32. The van der Waals surface area contributed by atoms with Crippen LogP contribution in [0.2, 0.25) is 0 Å². The molecule has 1 aliphatic heterocycles. The summed E-state index contributed by atoms with van der Waals surface area (Å²) >= 11 is 0. The highest BCUT2D eigenvalue weighted by molar-refractivity contribution is 6.08. The number of fused-ring (bicyclic) bond motifs is 1. The number of rotatable bonds is 8. The van der Waals surface area contributed by atoms with Crippen molar-refractivity contribution in [3.05, 3.63) is 69.5 Å². The van der Waals surface area contributed by atoms with E-state index in [1.54, 1.807) is 24.3 Å². The van der Waals surface area contributed by atoms with Gasteiger partial charge < -0.3 is 14.1 Å². The number of nitrogens with zero attached hydrogens (tertiary/aromatic N) is 2. The van der Waals surface area contributed by atoms with Gasteiger partial charge in [-0.1, -0.05) is 30.3 Å². The van der Waals surface area contributed by atoms with Gasteiger partial charge in [-0.3, -0.25) is 9.59 Å². The average Bonchev–Trinajstić information content (AvgIpc) is 3.23. The Kier molecular flexibility index (Phi) is 5.31. The maximum atomic E-state index is 12.6. The summed E-state index contributed by atoms with van der Waals surface area (Å²) in [5, 5.41) is 9.17. The van der Waals surface area contributed by atoms with Crippen LogP contribution in [-0.4, -0.2) is 34.6 Å². The molecule has 0 spiro atoms. The maximum absolute atomic E-state index is 12.6. The number of hydrogen-bond donors (Lipinski definition) is 0. The minimum absolute atomic E-state index is 0.0552. The Labute approximate surface area is 149 Å². The number of carbonyl (C=O) groups excluding carboxylic acids is 2. The SMILES string of the molecule is O=C(c1ccccc1)c1ccc2n1CCC2C(=O)OCCCO[N+](=O)[O-]. The molecule has 1 aromatic carbocycles. The van der Waals surface area contributed by atoms with Crippen LogP contribution < -0.4 is 0 Å². The lowest BCUT2D eigenvalue weighted by Crippen LogP contribution is -2.16. The largest absolute Gasteiger partial charge is 0.465 e. The van der Waals surface area contributed by atoms with Gasteiger partial charge in [-0.05, 0) is 18.6 Å². The van der Waals surface area contributed by atoms with E-state index in [2.05, 4.69) is 4.84 Å². The van der Waals surface area contributed by atoms with Crippen molar-refractivity contribution in [3.8, 4) is 0 Å². The zero-order valence-electron chi connectivity index (χ0n) is 14.0. The Hall–Kier alpha value is -3.16. The van der Waals surface area contributed by atoms with Crippen LogP contribution in [0.5, 0.6) is 0 Å². The third-order valence-electron chi connectivity index (χ3n) is 4.30. The Morgan fingerprint density at radius 3 is 2.65 bits per heavy atom. The number of ether oxygens (including phenoxy) is 1. The molecule has 1 unspecified atom stereocenters. The molecule has 0 amide bonds. The highest BCUT2D eigenvalue weighted by atomic mass is 16.9. The van der Waals surface area contributed by atoms with Crippen LogP contribution in [0, 0.1) is 10.1 Å². The molecule has 0 saturated carbocycles. The molecule has 8 heteroatoms. The summed E-state index contributed by atoms with van der Waals surface area (Å²) in [4.78, 5) is 39.1. The van der Waals surface area contributed by atoms with Gasteiger partial charge in [0.25, 0.3) is 5.09 Å². The van der Waals surface area contributed by atoms with Crippen molar-refractivity contribution >= 4 is 11.8 Å². The van der Waals surface area contributed by atoms with Crippen molar-refractivity contribution in [1.82, 2.24) is 4.57 Å². The van der Waals surface area contributed by atoms with Gasteiger partial charge in [0.2, 0.25) is 5.78 Å². The van der Waals surface area contributed by atoms with Crippen LogP contribution >= 0.6 is 0 Å². The summed E-state index contributed by atoms with van der Waals surface area (Å²) in [6.45, 7) is 0.511. The van der Waals surface area contributed by atoms with Gasteiger partial charge in [0, 0.05) is 24.2 Å². The Balaban J connectivity index is 1.62. The molecule has 0 saturated heterocycles. The summed E-state index contributed by atoms with van der Waals surface area (Å²) in [5.74, 6) is -0.895. The van der Waals surface area contributed by atoms with Crippen LogP contribution in [0.15, 0.2) is 42.5 Å². The van der Waals surface area contributed by atoms with Crippen LogP contribution in [-0.2, 0) is 20.9 Å². The lowest BCUT2D eigenvalue weighted by atomic mass is 10.1. The number of benzene rings is 1. The molecular weight excluding hydrogens is 340 g/mol. The first-order chi connectivity index (χ1) is 12.6. The minimum atomic E-state index is -0.878. The van der Waals surface area contributed by atoms with E-state index in [9.17, 15) is 19.7 Å². The van der Waals surface area contributed by atoms with Crippen LogP contribution in [0.3, 0.4) is 0 Å². The van der Waals surface area contributed by atoms with Crippen molar-refractivity contribution in [2.75, 3.05) is 13.2 Å². The number of ketones is 1. The first-order valence-electron chi connectivity index (χ1n) is 8.31. The van der Waals surface area contributed by atoms with Crippen molar-refractivity contribution in [2.45, 2.75) is 25.3 Å². The molecule has 0 bridgehead atoms. The number of carbonyl (C=O) groups is 2. The molecule has 0 N–H and O–H groups in total. The second-order valence-corrected chi connectivity index (χ2v) is 5.91. The van der Waals surface area contributed by atoms with Gasteiger partial charge in [-0.25, -0.2) is 0 Å². The fourth-order valence-electron chi connectivity index (χ4n) is 3.09. The Morgan fingerprint density at radius 1 is 1.15 bits per heavy atom. The van der Waals surface area contributed by atoms with Crippen LogP contribution in [0.1, 0.15) is 40.5 Å². The summed E-state index contributed by atoms with van der Waals surface area (Å²) in [6, 6.07) is 12.5. The molecule has 8 nitrogen and oxygen atoms in total. The molecule has 1 aromatic heterocycles. The van der Waals surface area contributed by atoms with Crippen molar-refractivity contribution < 1.29 is 24.3 Å². The zero-order valence-corrected chi connectivity index (χ0v) is 14.0. The fraction of sp³-hybridized carbons (Fsp3) is 0.333. The van der Waals surface area contributed by atoms with Gasteiger partial charge in [-0.15, -0.1) is 10.1 Å². The van der Waals surface area contributed by atoms with E-state index in [4.69, 9.17) is 4.74 Å². The van der Waals surface area contributed by atoms with Gasteiger partial charge in [-0.2, -0.15) is 0 Å². The lowest BCUT2D eigenvalue weighted by molar-refractivity contribution is -0.757. The van der Waals surface area contributed by atoms with Gasteiger partial charge >= 0.3 is 5.97 Å². The number of esters is 1. The molecule has 1 atom stereocenters. The Bertz CT molecular complexity index is 814. The second-order valence-electron chi connectivity index (χ2n) is 5.91. The second kappa shape index (κ2) is 7.81. The van der Waals surface area contributed by atoms with E-state index in [0.717, 1.165) is 5.69 Å². The molecular formula is C18H18N2O6. The van der Waals surface area contributed by atoms with Gasteiger partial charge in [0.15, 0.2) is 0 Å². The normalized spacial score (nSPS) is 15.3. The Morgan fingerprint density at radius 2 is 1.92 bits per heavy atom. The monoisotopic (exact) mass is 358 g/mol. The quantitative estimate of drug-likeness (QED) is 0.236. The molecule has 0 radical (unpaired) electrons. The van der Waals surface area contributed by atoms with Crippen molar-refractivity contribution in [1.29, 1.82) is 0 Å². The first kappa shape index (κ1) is 17.7. The minimum Gasteiger partial charge on any atom is -0.465 e. The molecule has 2 heterocycles. The standard InChI is InChI=1S/C18H18N2O6/c21-17(13-5-2-1-3-6-13)16-8-7-15-14(9-10-19(15)16)18(22)25-11-4-12-26-20(23)24/h1-3,5-8,14H,4,9-12H2. The average molecular weight is 358 g/mol. The third-order valence-corrected chi connectivity index (χ3v) is 4.30. The van der Waals surface area contributed by atoms with E-state index in [-0.39, 0.29) is 31.4 Å². The summed E-state index contributed by atoms with van der Waals surface area (Å²) < 4.78 is 7.04. The van der Waals surface area contributed by atoms with Crippen molar-refractivity contribution in [3.63, 3.8) is 0 Å². The number of hydrogen-bond acceptors (Lipinski definition) is 6. The summed E-state index contributed by atoms with van der Waals surface area (Å²) in [5.41, 5.74) is 1.92. The zero-order chi connectivity index (χ0) is 18.5. The molecule has 136 valence electrons. The smallest absolute Gasteiger partial charge is 0.315 e. The van der Waals surface area contributed by atoms with Crippen LogP contribution in [0.25, 0.3) is 0 Å². The fourth-order valence-corrected chi connectivity index (χ4v) is 3.09. The predicted octanol–water partition coefficient (Wildman–Crippen LogP) is 2.35. The summed E-state index contributed by atoms with van der Waals surface area (Å²) in [7, 11) is 0. The van der Waals surface area contributed by atoms with Crippen LogP contribution in [0.4, 0.5) is 0 Å². The van der Waals surface area contributed by atoms with E-state index in [1.165, 1.54) is 0 Å². The predicted molar refractivity (Wildman–Crippen MR) is 90.2 cm³/mol. The molecule has 3 rings (SSSR count). The molecule has 0 fully saturated rings. The maximum Gasteiger partial charge on any atom is 0.315 e. The molecule has 2 aromatic rings. The molecule has 1 aliphatic rings. The van der Waals surface area contributed by atoms with E-state index in [1.807, 2.05) is 22.8 Å². The van der Waals surface area contributed by atoms with E-state index < -0.39 is 11.0 Å². The first-order valence-corrected chi connectivity index (χ1v) is 8.31. The van der Waals surface area contributed by atoms with Crippen molar-refractivity contribution in [2.24, 2.45) is 0 Å². The van der Waals surface area contributed by atoms with Gasteiger partial charge in [0.05, 0.1) is 24.8 Å². The highest BCUT2D eigenvalue weighted by Gasteiger charge is 2.32. The third kappa shape index (κ3) is 3.74. The number of aromatic nitrogens is 1. The molecule has 0 aliphatic carbocycles. The van der Waals surface area contributed by atoms with E-state index >= 15 is 0 Å². The van der Waals surface area contributed by atoms with Gasteiger partial charge in [0.1, 0.15) is 0 Å². The summed E-state index contributed by atoms with van der Waals surface area (Å²) in [6.07, 6.45) is 0.813. The lowest BCUT2D eigenvalue weighted by Gasteiger charge is -2.09. The molecule has 26 heavy (non-hydrogen) atoms.